The molecule has 0 N–H and O–H groups in total. The fraction of sp³-hybridized carbons (Fsp3) is 0. The van der Waals surface area contributed by atoms with E-state index in [9.17, 15) is 12.9 Å². The predicted octanol–water partition coefficient (Wildman–Crippen LogP) is -0.431. The third-order valence-electron chi connectivity index (χ3n) is 0.995. The van der Waals surface area contributed by atoms with Crippen LogP contribution in [0, 0.1) is 0 Å². The van der Waals surface area contributed by atoms with Gasteiger partial charge in [0, 0.05) is 9.85 Å². The maximum atomic E-state index is 11.9. The van der Waals surface area contributed by atoms with Crippen LogP contribution in [0.1, 0.15) is 0 Å². The molecule has 0 saturated heterocycles. The molecule has 0 spiro atoms. The number of halogens is 4. The summed E-state index contributed by atoms with van der Waals surface area (Å²) in [6.45, 7) is -4.83. The van der Waals surface area contributed by atoms with Crippen molar-refractivity contribution in [3.8, 4) is 0 Å². The average molecular weight is 269 g/mol. The monoisotopic (exact) mass is 268 g/mol. The zero-order chi connectivity index (χ0) is 7.78. The van der Waals surface area contributed by atoms with Crippen LogP contribution in [0.3, 0.4) is 0 Å². The Morgan fingerprint density at radius 3 is 2.00 bits per heavy atom. The Labute approximate surface area is 117 Å². The molecule has 11 heavy (non-hydrogen) atoms. The third-order valence-corrected chi connectivity index (χ3v) is 2.75. The Morgan fingerprint density at radius 2 is 1.82 bits per heavy atom. The van der Waals surface area contributed by atoms with Crippen molar-refractivity contribution in [2.24, 2.45) is 0 Å². The minimum absolute atomic E-state index is 0. The molecule has 0 aliphatic heterocycles. The van der Waals surface area contributed by atoms with Gasteiger partial charge in [-0.15, -0.1) is 0 Å². The largest absolute Gasteiger partial charge is 1.00 e. The van der Waals surface area contributed by atoms with Crippen LogP contribution >= 0.6 is 27.3 Å². The second kappa shape index (κ2) is 4.78. The number of hydrogen-bond acceptors (Lipinski definition) is 1. The molecule has 1 rings (SSSR count). The molecule has 56 valence electrons. The van der Waals surface area contributed by atoms with Gasteiger partial charge >= 0.3 is 58.4 Å². The summed E-state index contributed by atoms with van der Waals surface area (Å²) in [6, 6.07) is 0. The van der Waals surface area contributed by atoms with E-state index in [1.165, 1.54) is 5.38 Å². The molecule has 0 unspecified atom stereocenters. The van der Waals surface area contributed by atoms with Gasteiger partial charge in [0.05, 0.1) is 0 Å². The van der Waals surface area contributed by atoms with Crippen molar-refractivity contribution in [1.29, 1.82) is 0 Å². The van der Waals surface area contributed by atoms with E-state index >= 15 is 0 Å². The summed E-state index contributed by atoms with van der Waals surface area (Å²) in [5.74, 6) is 0. The van der Waals surface area contributed by atoms with Gasteiger partial charge in [-0.25, -0.2) is 0 Å². The van der Waals surface area contributed by atoms with Gasteiger partial charge in [0.1, 0.15) is 0 Å². The second-order valence-electron chi connectivity index (χ2n) is 1.75. The Hall–Kier alpha value is 1.67. The van der Waals surface area contributed by atoms with Crippen LogP contribution in [0.25, 0.3) is 0 Å². The summed E-state index contributed by atoms with van der Waals surface area (Å²) < 4.78 is 35.9. The first-order valence-corrected chi connectivity index (χ1v) is 4.17. The number of thiophene rings is 1. The van der Waals surface area contributed by atoms with Crippen LogP contribution in [-0.4, -0.2) is 6.98 Å². The van der Waals surface area contributed by atoms with Gasteiger partial charge in [-0.05, 0) is 5.38 Å². The van der Waals surface area contributed by atoms with Crippen molar-refractivity contribution in [2.45, 2.75) is 0 Å². The molecule has 1 aromatic heterocycles. The van der Waals surface area contributed by atoms with Crippen molar-refractivity contribution < 1.29 is 64.3 Å². The third kappa shape index (κ3) is 3.50. The van der Waals surface area contributed by atoms with E-state index in [0.29, 0.717) is 0 Å². The standard InChI is InChI=1S/C4H2BBrF3S.K/c6-4-2-10-1-3(4)5(7,8)9;/h1-2H;/q-1;+1. The molecule has 0 amide bonds. The minimum Gasteiger partial charge on any atom is -0.445 e. The maximum absolute atomic E-state index is 11.9. The second-order valence-corrected chi connectivity index (χ2v) is 3.35. The Morgan fingerprint density at radius 1 is 1.27 bits per heavy atom. The molecule has 0 bridgehead atoms. The molecule has 0 fully saturated rings. The number of hydrogen-bond donors (Lipinski definition) is 0. The Kier molecular flexibility index (Phi) is 5.51. The summed E-state index contributed by atoms with van der Waals surface area (Å²) >= 11 is 3.85. The van der Waals surface area contributed by atoms with E-state index in [0.717, 1.165) is 16.7 Å². The van der Waals surface area contributed by atoms with Crippen LogP contribution in [0.4, 0.5) is 12.9 Å². The van der Waals surface area contributed by atoms with Gasteiger partial charge < -0.3 is 12.9 Å². The van der Waals surface area contributed by atoms with E-state index in [-0.39, 0.29) is 55.9 Å². The van der Waals surface area contributed by atoms with E-state index < -0.39 is 12.4 Å². The molecule has 0 radical (unpaired) electrons. The first kappa shape index (κ1) is 12.7. The summed E-state index contributed by atoms with van der Waals surface area (Å²) in [4.78, 5) is 0. The fourth-order valence-electron chi connectivity index (χ4n) is 0.525. The van der Waals surface area contributed by atoms with E-state index in [2.05, 4.69) is 15.9 Å². The molecule has 0 nitrogen and oxygen atoms in total. The SMILES string of the molecule is F[B-](F)(F)c1cscc1Br.[K+]. The predicted molar refractivity (Wildman–Crippen MR) is 40.7 cm³/mol. The Balaban J connectivity index is 0.000001000. The maximum Gasteiger partial charge on any atom is 1.00 e. The van der Waals surface area contributed by atoms with Gasteiger partial charge in [-0.3, -0.25) is 0 Å². The van der Waals surface area contributed by atoms with Crippen molar-refractivity contribution in [2.75, 3.05) is 0 Å². The summed E-state index contributed by atoms with van der Waals surface area (Å²) in [6.07, 6.45) is 0. The van der Waals surface area contributed by atoms with Gasteiger partial charge in [0.25, 0.3) is 0 Å². The molecule has 7 heteroatoms. The topological polar surface area (TPSA) is 0 Å². The fourth-order valence-corrected chi connectivity index (χ4v) is 2.13. The normalized spacial score (nSPS) is 10.9. The van der Waals surface area contributed by atoms with Gasteiger partial charge in [0.2, 0.25) is 0 Å². The summed E-state index contributed by atoms with van der Waals surface area (Å²) in [5.41, 5.74) is -0.537. The van der Waals surface area contributed by atoms with Crippen LogP contribution in [0.15, 0.2) is 15.2 Å². The van der Waals surface area contributed by atoms with E-state index in [1.807, 2.05) is 0 Å². The molecular formula is C4H2BBrF3KS. The van der Waals surface area contributed by atoms with E-state index in [4.69, 9.17) is 0 Å². The molecule has 0 aliphatic carbocycles. The molecule has 0 saturated carbocycles. The van der Waals surface area contributed by atoms with Gasteiger partial charge in [-0.1, -0.05) is 21.4 Å². The van der Waals surface area contributed by atoms with Gasteiger partial charge in [-0.2, -0.15) is 11.3 Å². The van der Waals surface area contributed by atoms with Crippen LogP contribution in [0.5, 0.6) is 0 Å². The quantitative estimate of drug-likeness (QED) is 0.607. The van der Waals surface area contributed by atoms with Crippen molar-refractivity contribution >= 4 is 39.7 Å². The molecule has 0 atom stereocenters. The smallest absolute Gasteiger partial charge is 0.445 e. The van der Waals surface area contributed by atoms with Crippen molar-refractivity contribution in [3.63, 3.8) is 0 Å². The molecule has 1 heterocycles. The molecule has 1 aromatic rings. The number of rotatable bonds is 1. The zero-order valence-electron chi connectivity index (χ0n) is 5.65. The van der Waals surface area contributed by atoms with E-state index in [1.54, 1.807) is 0 Å². The molecular weight excluding hydrogens is 267 g/mol. The van der Waals surface area contributed by atoms with Crippen LogP contribution in [-0.2, 0) is 0 Å². The summed E-state index contributed by atoms with van der Waals surface area (Å²) in [7, 11) is 0. The first-order chi connectivity index (χ1) is 4.52. The Bertz CT molecular complexity index is 235. The average Bonchev–Trinajstić information content (AvgIpc) is 2.11. The van der Waals surface area contributed by atoms with Crippen LogP contribution in [0.2, 0.25) is 0 Å². The summed E-state index contributed by atoms with van der Waals surface area (Å²) in [5, 5.41) is 2.52. The van der Waals surface area contributed by atoms with Crippen LogP contribution < -0.4 is 56.8 Å². The van der Waals surface area contributed by atoms with Gasteiger partial charge in [0.15, 0.2) is 0 Å². The zero-order valence-corrected chi connectivity index (χ0v) is 11.2. The van der Waals surface area contributed by atoms with Crippen molar-refractivity contribution in [1.82, 2.24) is 0 Å². The molecule has 0 aromatic carbocycles. The minimum atomic E-state index is -4.83. The van der Waals surface area contributed by atoms with Crippen molar-refractivity contribution in [3.05, 3.63) is 15.2 Å². The first-order valence-electron chi connectivity index (χ1n) is 2.43. The molecule has 0 aliphatic rings.